The van der Waals surface area contributed by atoms with Crippen LogP contribution < -0.4 is 10.6 Å². The molecule has 0 saturated heterocycles. The summed E-state index contributed by atoms with van der Waals surface area (Å²) in [7, 11) is 0. The zero-order chi connectivity index (χ0) is 26.6. The van der Waals surface area contributed by atoms with E-state index in [0.717, 1.165) is 5.56 Å². The van der Waals surface area contributed by atoms with Crippen LogP contribution in [0.3, 0.4) is 0 Å². The van der Waals surface area contributed by atoms with Crippen LogP contribution in [0.4, 0.5) is 30.5 Å². The summed E-state index contributed by atoms with van der Waals surface area (Å²) in [4.78, 5) is 20.5. The van der Waals surface area contributed by atoms with Gasteiger partial charge in [0.15, 0.2) is 0 Å². The van der Waals surface area contributed by atoms with Gasteiger partial charge in [-0.2, -0.15) is 18.4 Å². The highest BCUT2D eigenvalue weighted by molar-refractivity contribution is 6.04. The molecule has 4 aromatic rings. The molecule has 0 unspecified atom stereocenters. The Labute approximate surface area is 210 Å². The molecular weight excluding hydrogens is 483 g/mol. The van der Waals surface area contributed by atoms with Crippen molar-refractivity contribution in [2.24, 2.45) is 0 Å². The van der Waals surface area contributed by atoms with Crippen molar-refractivity contribution in [3.05, 3.63) is 101 Å². The van der Waals surface area contributed by atoms with Gasteiger partial charge in [-0.3, -0.25) is 4.79 Å². The van der Waals surface area contributed by atoms with Gasteiger partial charge in [0.2, 0.25) is 5.95 Å². The molecule has 186 valence electrons. The van der Waals surface area contributed by atoms with Crippen molar-refractivity contribution >= 4 is 23.2 Å². The van der Waals surface area contributed by atoms with Crippen molar-refractivity contribution in [1.82, 2.24) is 9.97 Å². The first-order valence-electron chi connectivity index (χ1n) is 11.0. The Hall–Kier alpha value is -4.75. The maximum absolute atomic E-state index is 13.6. The van der Waals surface area contributed by atoms with E-state index in [0.29, 0.717) is 34.3 Å². The normalized spacial score (nSPS) is 11.0. The maximum atomic E-state index is 13.6. The molecule has 3 N–H and O–H groups in total. The number of carbonyl (C=O) groups is 1. The van der Waals surface area contributed by atoms with Gasteiger partial charge in [-0.25, -0.2) is 9.97 Å². The van der Waals surface area contributed by atoms with Crippen LogP contribution in [0.2, 0.25) is 0 Å². The van der Waals surface area contributed by atoms with E-state index in [2.05, 4.69) is 20.6 Å². The molecule has 0 aliphatic rings. The molecular formula is C27H20F3N5O2. The molecule has 1 heterocycles. The average molecular weight is 503 g/mol. The standard InChI is InChI=1S/C27H20F3N5O2/c1-16-2-3-18(15-36)12-23(16)34-25(37)20-8-10-21(11-9-20)33-26-32-14-22(27(28,29)30)24(35-26)19-6-4-17(13-31)5-7-19/h2-12,14,36H,15H2,1H3,(H,34,37)(H,32,33,35). The van der Waals surface area contributed by atoms with Gasteiger partial charge in [-0.15, -0.1) is 0 Å². The first-order chi connectivity index (χ1) is 17.7. The van der Waals surface area contributed by atoms with E-state index in [1.54, 1.807) is 42.5 Å². The molecule has 0 aliphatic carbocycles. The molecule has 0 radical (unpaired) electrons. The van der Waals surface area contributed by atoms with Crippen LogP contribution in [0.15, 0.2) is 72.9 Å². The third-order valence-corrected chi connectivity index (χ3v) is 5.52. The van der Waals surface area contributed by atoms with E-state index in [1.807, 2.05) is 13.0 Å². The fourth-order valence-corrected chi connectivity index (χ4v) is 3.50. The van der Waals surface area contributed by atoms with Crippen molar-refractivity contribution in [1.29, 1.82) is 5.26 Å². The van der Waals surface area contributed by atoms with E-state index in [-0.39, 0.29) is 29.7 Å². The summed E-state index contributed by atoms with van der Waals surface area (Å²) < 4.78 is 40.7. The number of amides is 1. The molecule has 7 nitrogen and oxygen atoms in total. The van der Waals surface area contributed by atoms with E-state index in [1.165, 1.54) is 24.3 Å². The number of aliphatic hydroxyl groups is 1. The van der Waals surface area contributed by atoms with Crippen molar-refractivity contribution < 1.29 is 23.1 Å². The van der Waals surface area contributed by atoms with E-state index < -0.39 is 11.7 Å². The summed E-state index contributed by atoms with van der Waals surface area (Å²) >= 11 is 0. The predicted octanol–water partition coefficient (Wildman–Crippen LogP) is 5.83. The van der Waals surface area contributed by atoms with Gasteiger partial charge in [0.25, 0.3) is 5.91 Å². The topological polar surface area (TPSA) is 111 Å². The number of nitrogens with one attached hydrogen (secondary N) is 2. The molecule has 3 aromatic carbocycles. The Kier molecular flexibility index (Phi) is 7.18. The van der Waals surface area contributed by atoms with E-state index >= 15 is 0 Å². The lowest BCUT2D eigenvalue weighted by molar-refractivity contribution is -0.137. The summed E-state index contributed by atoms with van der Waals surface area (Å²) in [5, 5.41) is 23.9. The number of nitriles is 1. The first-order valence-corrected chi connectivity index (χ1v) is 11.0. The van der Waals surface area contributed by atoms with Crippen LogP contribution in [-0.4, -0.2) is 21.0 Å². The quantitative estimate of drug-likeness (QED) is 0.305. The van der Waals surface area contributed by atoms with Gasteiger partial charge < -0.3 is 15.7 Å². The summed E-state index contributed by atoms with van der Waals surface area (Å²) in [6, 6.07) is 19.0. The fourth-order valence-electron chi connectivity index (χ4n) is 3.50. The summed E-state index contributed by atoms with van der Waals surface area (Å²) in [6.45, 7) is 1.68. The molecule has 4 rings (SSSR count). The van der Waals surface area contributed by atoms with Crippen molar-refractivity contribution in [2.75, 3.05) is 10.6 Å². The lowest BCUT2D eigenvalue weighted by Crippen LogP contribution is -2.13. The van der Waals surface area contributed by atoms with Gasteiger partial charge in [-0.05, 0) is 60.5 Å². The minimum atomic E-state index is -4.67. The molecule has 37 heavy (non-hydrogen) atoms. The van der Waals surface area contributed by atoms with Crippen LogP contribution in [-0.2, 0) is 12.8 Å². The van der Waals surface area contributed by atoms with Crippen LogP contribution in [0.25, 0.3) is 11.3 Å². The third kappa shape index (κ3) is 5.91. The van der Waals surface area contributed by atoms with Crippen LogP contribution in [0.5, 0.6) is 0 Å². The highest BCUT2D eigenvalue weighted by Crippen LogP contribution is 2.36. The Morgan fingerprint density at radius 1 is 1.05 bits per heavy atom. The number of alkyl halides is 3. The minimum absolute atomic E-state index is 0.0685. The predicted molar refractivity (Wildman–Crippen MR) is 132 cm³/mol. The second-order valence-electron chi connectivity index (χ2n) is 8.11. The number of anilines is 3. The van der Waals surface area contributed by atoms with Crippen LogP contribution >= 0.6 is 0 Å². The number of nitrogens with zero attached hydrogens (tertiary/aromatic N) is 3. The number of aromatic nitrogens is 2. The number of hydrogen-bond donors (Lipinski definition) is 3. The van der Waals surface area contributed by atoms with Crippen molar-refractivity contribution in [3.63, 3.8) is 0 Å². The van der Waals surface area contributed by atoms with Crippen molar-refractivity contribution in [2.45, 2.75) is 19.7 Å². The Morgan fingerprint density at radius 2 is 1.76 bits per heavy atom. The maximum Gasteiger partial charge on any atom is 0.419 e. The molecule has 0 spiro atoms. The molecule has 0 saturated carbocycles. The summed E-state index contributed by atoms with van der Waals surface area (Å²) in [5.41, 5.74) is 2.05. The van der Waals surface area contributed by atoms with Crippen LogP contribution in [0, 0.1) is 18.3 Å². The SMILES string of the molecule is Cc1ccc(CO)cc1NC(=O)c1ccc(Nc2ncc(C(F)(F)F)c(-c3ccc(C#N)cc3)n2)cc1. The van der Waals surface area contributed by atoms with Gasteiger partial charge in [-0.1, -0.05) is 24.3 Å². The number of aliphatic hydroxyl groups excluding tert-OH is 1. The largest absolute Gasteiger partial charge is 0.419 e. The third-order valence-electron chi connectivity index (χ3n) is 5.52. The highest BCUT2D eigenvalue weighted by atomic mass is 19.4. The lowest BCUT2D eigenvalue weighted by Gasteiger charge is -2.14. The number of carbonyl (C=O) groups excluding carboxylic acids is 1. The summed E-state index contributed by atoms with van der Waals surface area (Å²) in [5.74, 6) is -0.431. The molecule has 1 aromatic heterocycles. The fraction of sp³-hybridized carbons (Fsp3) is 0.111. The smallest absolute Gasteiger partial charge is 0.392 e. The number of halogens is 3. The second-order valence-corrected chi connectivity index (χ2v) is 8.11. The molecule has 1 amide bonds. The first kappa shape index (κ1) is 25.3. The molecule has 0 fully saturated rings. The number of aryl methyl sites for hydroxylation is 1. The highest BCUT2D eigenvalue weighted by Gasteiger charge is 2.35. The Morgan fingerprint density at radius 3 is 2.38 bits per heavy atom. The number of rotatable bonds is 6. The second kappa shape index (κ2) is 10.5. The molecule has 0 aliphatic heterocycles. The Bertz CT molecular complexity index is 1480. The summed E-state index contributed by atoms with van der Waals surface area (Å²) in [6.07, 6.45) is -3.97. The van der Waals surface area contributed by atoms with Gasteiger partial charge in [0, 0.05) is 28.7 Å². The monoisotopic (exact) mass is 503 g/mol. The lowest BCUT2D eigenvalue weighted by atomic mass is 10.1. The average Bonchev–Trinajstić information content (AvgIpc) is 2.89. The van der Waals surface area contributed by atoms with Gasteiger partial charge in [0.05, 0.1) is 23.9 Å². The van der Waals surface area contributed by atoms with E-state index in [9.17, 15) is 23.1 Å². The molecule has 10 heteroatoms. The molecule has 0 atom stereocenters. The van der Waals surface area contributed by atoms with Gasteiger partial charge >= 0.3 is 6.18 Å². The zero-order valence-corrected chi connectivity index (χ0v) is 19.5. The molecule has 0 bridgehead atoms. The van der Waals surface area contributed by atoms with Crippen LogP contribution in [0.1, 0.15) is 32.6 Å². The number of hydrogen-bond acceptors (Lipinski definition) is 6. The zero-order valence-electron chi connectivity index (χ0n) is 19.5. The number of benzene rings is 3. The van der Waals surface area contributed by atoms with Gasteiger partial charge in [0.1, 0.15) is 5.56 Å². The van der Waals surface area contributed by atoms with Crippen molar-refractivity contribution in [3.8, 4) is 17.3 Å². The minimum Gasteiger partial charge on any atom is -0.392 e. The Balaban J connectivity index is 1.55. The van der Waals surface area contributed by atoms with E-state index in [4.69, 9.17) is 5.26 Å².